The van der Waals surface area contributed by atoms with Crippen LogP contribution in [0.25, 0.3) is 11.3 Å². The minimum Gasteiger partial charge on any atom is -0.324 e. The lowest BCUT2D eigenvalue weighted by molar-refractivity contribution is -0.118. The van der Waals surface area contributed by atoms with Crippen LogP contribution in [0.4, 0.5) is 17.3 Å². The number of carbonyl (C=O) groups is 2. The molecule has 0 spiro atoms. The van der Waals surface area contributed by atoms with E-state index in [0.29, 0.717) is 22.8 Å². The highest BCUT2D eigenvalue weighted by molar-refractivity contribution is 7.88. The number of pyridine rings is 1. The minimum atomic E-state index is -3.81. The second kappa shape index (κ2) is 10.4. The fraction of sp³-hybridized carbons (Fsp3) is 0.115. The third kappa shape index (κ3) is 5.66. The Morgan fingerprint density at radius 2 is 1.89 bits per heavy atom. The third-order valence-corrected chi connectivity index (χ3v) is 7.26. The lowest BCUT2D eigenvalue weighted by Gasteiger charge is -2.13. The Balaban J connectivity index is 1.26. The van der Waals surface area contributed by atoms with E-state index >= 15 is 0 Å². The molecule has 0 atom stereocenters. The van der Waals surface area contributed by atoms with Crippen molar-refractivity contribution in [1.29, 1.82) is 0 Å². The molecule has 0 saturated carbocycles. The normalized spacial score (nSPS) is 14.6. The van der Waals surface area contributed by atoms with Gasteiger partial charge in [-0.2, -0.15) is 12.7 Å². The molecule has 192 valence electrons. The summed E-state index contributed by atoms with van der Waals surface area (Å²) >= 11 is 0. The van der Waals surface area contributed by atoms with Gasteiger partial charge < -0.3 is 10.6 Å². The number of anilines is 3. The smallest absolute Gasteiger partial charge is 0.304 e. The first kappa shape index (κ1) is 25.0. The molecule has 3 N–H and O–H groups in total. The molecule has 3 heterocycles. The van der Waals surface area contributed by atoms with Crippen LogP contribution in [-0.2, 0) is 21.5 Å². The maximum Gasteiger partial charge on any atom is 0.304 e. The fourth-order valence-electron chi connectivity index (χ4n) is 3.84. The van der Waals surface area contributed by atoms with Crippen LogP contribution in [0, 0.1) is 6.92 Å². The molecule has 0 radical (unpaired) electrons. The molecule has 2 amide bonds. The van der Waals surface area contributed by atoms with Crippen LogP contribution < -0.4 is 15.4 Å². The molecule has 0 bridgehead atoms. The molecule has 11 nitrogen and oxygen atoms in total. The predicted molar refractivity (Wildman–Crippen MR) is 142 cm³/mol. The monoisotopic (exact) mass is 529 g/mol. The van der Waals surface area contributed by atoms with Crippen LogP contribution in [0.15, 0.2) is 79.3 Å². The first-order valence-electron chi connectivity index (χ1n) is 11.6. The van der Waals surface area contributed by atoms with Gasteiger partial charge in [-0.3, -0.25) is 14.6 Å². The van der Waals surface area contributed by atoms with E-state index in [9.17, 15) is 18.0 Å². The number of carbonyl (C=O) groups excluding carboxylic acids is 2. The van der Waals surface area contributed by atoms with Gasteiger partial charge in [0.25, 0.3) is 5.91 Å². The number of nitrogens with one attached hydrogen (secondary N) is 3. The topological polar surface area (TPSA) is 146 Å². The molecule has 0 unspecified atom stereocenters. The number of hydrogen-bond acceptors (Lipinski definition) is 8. The highest BCUT2D eigenvalue weighted by Crippen LogP contribution is 2.25. The third-order valence-electron chi connectivity index (χ3n) is 5.83. The maximum absolute atomic E-state index is 12.8. The summed E-state index contributed by atoms with van der Waals surface area (Å²) in [6.07, 6.45) is 5.09. The Morgan fingerprint density at radius 1 is 1.08 bits per heavy atom. The Kier molecular flexibility index (Phi) is 6.81. The van der Waals surface area contributed by atoms with Crippen molar-refractivity contribution in [3.05, 3.63) is 95.9 Å². The van der Waals surface area contributed by atoms with Gasteiger partial charge >= 0.3 is 10.2 Å². The number of benzene rings is 2. The summed E-state index contributed by atoms with van der Waals surface area (Å²) in [6, 6.07) is 17.5. The van der Waals surface area contributed by atoms with Crippen molar-refractivity contribution < 1.29 is 18.0 Å². The summed E-state index contributed by atoms with van der Waals surface area (Å²) in [4.78, 5) is 37.2. The molecule has 12 heteroatoms. The highest BCUT2D eigenvalue weighted by Gasteiger charge is 2.33. The van der Waals surface area contributed by atoms with Crippen LogP contribution in [0.3, 0.4) is 0 Å². The summed E-state index contributed by atoms with van der Waals surface area (Å²) in [5, 5.41) is 6.08. The van der Waals surface area contributed by atoms with E-state index in [2.05, 4.69) is 25.6 Å². The number of amides is 2. The number of aromatic nitrogens is 3. The Morgan fingerprint density at radius 3 is 2.61 bits per heavy atom. The van der Waals surface area contributed by atoms with E-state index in [1.807, 2.05) is 29.8 Å². The molecular formula is C26H23N7O4S. The van der Waals surface area contributed by atoms with E-state index in [4.69, 9.17) is 0 Å². The van der Waals surface area contributed by atoms with Gasteiger partial charge in [0, 0.05) is 47.6 Å². The summed E-state index contributed by atoms with van der Waals surface area (Å²) in [5.74, 6) is -0.488. The van der Waals surface area contributed by atoms with Crippen LogP contribution in [0.1, 0.15) is 21.5 Å². The van der Waals surface area contributed by atoms with Gasteiger partial charge in [-0.05, 0) is 60.5 Å². The van der Waals surface area contributed by atoms with Gasteiger partial charge in [0.05, 0.1) is 12.2 Å². The summed E-state index contributed by atoms with van der Waals surface area (Å²) in [7, 11) is -3.81. The van der Waals surface area contributed by atoms with Crippen molar-refractivity contribution in [3.8, 4) is 11.3 Å². The summed E-state index contributed by atoms with van der Waals surface area (Å²) < 4.78 is 26.8. The maximum atomic E-state index is 12.8. The molecule has 0 aliphatic carbocycles. The van der Waals surface area contributed by atoms with Crippen LogP contribution in [0.2, 0.25) is 0 Å². The van der Waals surface area contributed by atoms with Crippen molar-refractivity contribution >= 4 is 39.3 Å². The predicted octanol–water partition coefficient (Wildman–Crippen LogP) is 3.02. The average molecular weight is 530 g/mol. The van der Waals surface area contributed by atoms with Crippen molar-refractivity contribution in [3.63, 3.8) is 0 Å². The Hall–Kier alpha value is -4.68. The van der Waals surface area contributed by atoms with Gasteiger partial charge in [-0.1, -0.05) is 18.2 Å². The molecule has 4 aromatic rings. The molecule has 1 fully saturated rings. The van der Waals surface area contributed by atoms with Crippen molar-refractivity contribution in [2.45, 2.75) is 13.5 Å². The number of hydrogen-bond donors (Lipinski definition) is 3. The SMILES string of the molecule is Cc1ccc(NC(=O)c2ccc(CN3CC(=O)NS3(=O)=O)cc2)cc1Nc1nccc(-c2cccnc2)n1. The van der Waals surface area contributed by atoms with Gasteiger partial charge in [0.15, 0.2) is 0 Å². The number of rotatable bonds is 7. The van der Waals surface area contributed by atoms with Crippen LogP contribution in [-0.4, -0.2) is 46.0 Å². The highest BCUT2D eigenvalue weighted by atomic mass is 32.2. The largest absolute Gasteiger partial charge is 0.324 e. The molecular weight excluding hydrogens is 506 g/mol. The van der Waals surface area contributed by atoms with E-state index in [1.54, 1.807) is 61.1 Å². The standard InChI is InChI=1S/C26H23N7O4S/c1-17-4-9-21(13-23(17)31-26-28-12-10-22(30-26)20-3-2-11-27-14-20)29-25(35)19-7-5-18(6-8-19)15-33-16-24(34)32-38(33,36)37/h2-14H,15-16H2,1H3,(H,29,35)(H,32,34)(H,28,30,31). The first-order chi connectivity index (χ1) is 18.3. The molecule has 5 rings (SSSR count). The van der Waals surface area contributed by atoms with Crippen LogP contribution >= 0.6 is 0 Å². The molecule has 1 saturated heterocycles. The van der Waals surface area contributed by atoms with E-state index in [-0.39, 0.29) is 19.0 Å². The van der Waals surface area contributed by atoms with Crippen molar-refractivity contribution in [2.24, 2.45) is 0 Å². The number of aryl methyl sites for hydroxylation is 1. The van der Waals surface area contributed by atoms with Gasteiger partial charge in [0.1, 0.15) is 0 Å². The first-order valence-corrected chi connectivity index (χ1v) is 13.0. The second-order valence-corrected chi connectivity index (χ2v) is 10.3. The minimum absolute atomic E-state index is 0.0278. The quantitative estimate of drug-likeness (QED) is 0.331. The zero-order valence-corrected chi connectivity index (χ0v) is 21.1. The lowest BCUT2D eigenvalue weighted by Crippen LogP contribution is -2.29. The molecule has 38 heavy (non-hydrogen) atoms. The van der Waals surface area contributed by atoms with E-state index < -0.39 is 16.1 Å². The molecule has 1 aliphatic heterocycles. The molecule has 1 aliphatic rings. The van der Waals surface area contributed by atoms with E-state index in [0.717, 1.165) is 26.8 Å². The van der Waals surface area contributed by atoms with Crippen LogP contribution in [0.5, 0.6) is 0 Å². The van der Waals surface area contributed by atoms with Gasteiger partial charge in [0.2, 0.25) is 11.9 Å². The van der Waals surface area contributed by atoms with Gasteiger partial charge in [-0.15, -0.1) is 0 Å². The van der Waals surface area contributed by atoms with Crippen molar-refractivity contribution in [1.82, 2.24) is 24.0 Å². The Labute approximate surface area is 219 Å². The molecule has 2 aromatic carbocycles. The summed E-state index contributed by atoms with van der Waals surface area (Å²) in [6.45, 7) is 1.73. The molecule has 2 aromatic heterocycles. The second-order valence-electron chi connectivity index (χ2n) is 8.61. The average Bonchev–Trinajstić information content (AvgIpc) is 3.17. The fourth-order valence-corrected chi connectivity index (χ4v) is 4.93. The zero-order chi connectivity index (χ0) is 26.7. The van der Waals surface area contributed by atoms with E-state index in [1.165, 1.54) is 0 Å². The Bertz CT molecular complexity index is 1610. The summed E-state index contributed by atoms with van der Waals surface area (Å²) in [5.41, 5.74) is 4.89. The number of nitrogens with zero attached hydrogens (tertiary/aromatic N) is 4. The zero-order valence-electron chi connectivity index (χ0n) is 20.2. The van der Waals surface area contributed by atoms with Crippen molar-refractivity contribution in [2.75, 3.05) is 17.2 Å². The lowest BCUT2D eigenvalue weighted by atomic mass is 10.1. The van der Waals surface area contributed by atoms with Gasteiger partial charge in [-0.25, -0.2) is 14.7 Å².